The van der Waals surface area contributed by atoms with Gasteiger partial charge >= 0.3 is 0 Å². The first kappa shape index (κ1) is 24.2. The maximum atomic E-state index is 5.80. The summed E-state index contributed by atoms with van der Waals surface area (Å²) in [6.45, 7) is 5.31. The van der Waals surface area contributed by atoms with Crippen molar-refractivity contribution in [1.82, 2.24) is 0 Å². The summed E-state index contributed by atoms with van der Waals surface area (Å²) in [6, 6.07) is 16.9. The van der Waals surface area contributed by atoms with E-state index < -0.39 is 0 Å². The molecule has 0 spiro atoms. The molecule has 30 heavy (non-hydrogen) atoms. The second-order valence-corrected chi connectivity index (χ2v) is 8.27. The van der Waals surface area contributed by atoms with E-state index in [9.17, 15) is 0 Å². The molecule has 0 fully saturated rings. The van der Waals surface area contributed by atoms with Crippen LogP contribution in [0.1, 0.15) is 95.6 Å². The van der Waals surface area contributed by atoms with Gasteiger partial charge in [-0.2, -0.15) is 0 Å². The fraction of sp³-hybridized carbons (Fsp3) is 0.536. The van der Waals surface area contributed by atoms with E-state index in [0.29, 0.717) is 0 Å². The van der Waals surface area contributed by atoms with E-state index >= 15 is 0 Å². The van der Waals surface area contributed by atoms with Crippen LogP contribution in [0.2, 0.25) is 0 Å². The molecule has 2 aromatic carbocycles. The first-order chi connectivity index (χ1) is 14.8. The zero-order valence-electron chi connectivity index (χ0n) is 19.2. The average Bonchev–Trinajstić information content (AvgIpc) is 2.78. The average molecular weight is 408 g/mol. The molecule has 0 aromatic heterocycles. The van der Waals surface area contributed by atoms with Crippen molar-refractivity contribution < 1.29 is 4.74 Å². The molecule has 2 heteroatoms. The fourth-order valence-electron chi connectivity index (χ4n) is 3.55. The van der Waals surface area contributed by atoms with E-state index in [2.05, 4.69) is 55.2 Å². The lowest BCUT2D eigenvalue weighted by Gasteiger charge is -2.06. The molecular weight excluding hydrogens is 366 g/mol. The van der Waals surface area contributed by atoms with Gasteiger partial charge < -0.3 is 4.74 Å². The SMILES string of the molecule is CCCCCCCCCc1ccc(N=Cc2ccc(OCCCCCC)cc2)cc1. The molecule has 2 aromatic rings. The van der Waals surface area contributed by atoms with Gasteiger partial charge in [0.15, 0.2) is 0 Å². The number of unbranched alkanes of at least 4 members (excludes halogenated alkanes) is 9. The van der Waals surface area contributed by atoms with E-state index in [1.165, 1.54) is 76.2 Å². The Morgan fingerprint density at radius 2 is 1.27 bits per heavy atom. The molecule has 0 aliphatic rings. The van der Waals surface area contributed by atoms with Gasteiger partial charge in [-0.1, -0.05) is 83.8 Å². The Morgan fingerprint density at radius 1 is 0.667 bits per heavy atom. The van der Waals surface area contributed by atoms with Crippen LogP contribution in [0, 0.1) is 0 Å². The number of aliphatic imine (C=N–C) groups is 1. The van der Waals surface area contributed by atoms with Crippen LogP contribution in [0.4, 0.5) is 5.69 Å². The maximum Gasteiger partial charge on any atom is 0.119 e. The Balaban J connectivity index is 1.68. The van der Waals surface area contributed by atoms with Crippen LogP contribution in [0.5, 0.6) is 5.75 Å². The van der Waals surface area contributed by atoms with Crippen LogP contribution in [0.25, 0.3) is 0 Å². The molecule has 0 aliphatic heterocycles. The van der Waals surface area contributed by atoms with E-state index in [4.69, 9.17) is 4.74 Å². The van der Waals surface area contributed by atoms with Gasteiger partial charge in [-0.25, -0.2) is 0 Å². The minimum absolute atomic E-state index is 0.804. The summed E-state index contributed by atoms with van der Waals surface area (Å²) in [4.78, 5) is 4.62. The van der Waals surface area contributed by atoms with Crippen LogP contribution in [0.15, 0.2) is 53.5 Å². The largest absolute Gasteiger partial charge is 0.494 e. The van der Waals surface area contributed by atoms with E-state index in [-0.39, 0.29) is 0 Å². The van der Waals surface area contributed by atoms with Crippen LogP contribution in [0.3, 0.4) is 0 Å². The number of rotatable bonds is 16. The van der Waals surface area contributed by atoms with Gasteiger partial charge in [0, 0.05) is 6.21 Å². The van der Waals surface area contributed by atoms with Crippen molar-refractivity contribution in [3.05, 3.63) is 59.7 Å². The molecule has 0 heterocycles. The normalized spacial score (nSPS) is 11.3. The van der Waals surface area contributed by atoms with Crippen molar-refractivity contribution in [3.63, 3.8) is 0 Å². The van der Waals surface area contributed by atoms with Gasteiger partial charge in [0.2, 0.25) is 0 Å². The molecule has 0 saturated carbocycles. The standard InChI is InChI=1S/C28H41NO/c1-3-5-7-9-10-11-12-14-25-15-19-27(20-16-25)29-24-26-17-21-28(22-18-26)30-23-13-8-6-4-2/h15-22,24H,3-14,23H2,1-2H3. The summed E-state index contributed by atoms with van der Waals surface area (Å²) in [6.07, 6.45) is 17.6. The highest BCUT2D eigenvalue weighted by Crippen LogP contribution is 2.17. The third-order valence-electron chi connectivity index (χ3n) is 5.51. The summed E-state index contributed by atoms with van der Waals surface area (Å²) in [5.41, 5.74) is 3.53. The van der Waals surface area contributed by atoms with Gasteiger partial charge in [0.1, 0.15) is 5.75 Å². The summed E-state index contributed by atoms with van der Waals surface area (Å²) in [7, 11) is 0. The molecule has 2 nitrogen and oxygen atoms in total. The molecule has 0 N–H and O–H groups in total. The highest BCUT2D eigenvalue weighted by atomic mass is 16.5. The van der Waals surface area contributed by atoms with Crippen LogP contribution >= 0.6 is 0 Å². The van der Waals surface area contributed by atoms with Gasteiger partial charge in [-0.05, 0) is 66.8 Å². The van der Waals surface area contributed by atoms with E-state index in [1.807, 2.05) is 18.3 Å². The molecule has 0 aliphatic carbocycles. The van der Waals surface area contributed by atoms with Crippen LogP contribution in [-0.4, -0.2) is 12.8 Å². The zero-order chi connectivity index (χ0) is 21.3. The van der Waals surface area contributed by atoms with E-state index in [0.717, 1.165) is 30.0 Å². The molecule has 0 amide bonds. The minimum Gasteiger partial charge on any atom is -0.494 e. The van der Waals surface area contributed by atoms with Crippen molar-refractivity contribution in [2.24, 2.45) is 4.99 Å². The fourth-order valence-corrected chi connectivity index (χ4v) is 3.55. The molecule has 0 unspecified atom stereocenters. The summed E-state index contributed by atoms with van der Waals surface area (Å²) in [5.74, 6) is 0.943. The molecular formula is C28H41NO. The van der Waals surface area contributed by atoms with Gasteiger partial charge in [0.05, 0.1) is 12.3 Å². The predicted octanol–water partition coefficient (Wildman–Crippen LogP) is 8.69. The molecule has 0 radical (unpaired) electrons. The Kier molecular flexibility index (Phi) is 12.7. The molecule has 0 saturated heterocycles. The third-order valence-corrected chi connectivity index (χ3v) is 5.51. The molecule has 2 rings (SSSR count). The smallest absolute Gasteiger partial charge is 0.119 e. The van der Waals surface area contributed by atoms with Crippen LogP contribution in [-0.2, 0) is 6.42 Å². The monoisotopic (exact) mass is 407 g/mol. The molecule has 0 bridgehead atoms. The lowest BCUT2D eigenvalue weighted by Crippen LogP contribution is -1.97. The zero-order valence-corrected chi connectivity index (χ0v) is 19.2. The Bertz CT molecular complexity index is 688. The number of hydrogen-bond donors (Lipinski definition) is 0. The van der Waals surface area contributed by atoms with Gasteiger partial charge in [-0.15, -0.1) is 0 Å². The second-order valence-electron chi connectivity index (χ2n) is 8.27. The summed E-state index contributed by atoms with van der Waals surface area (Å²) < 4.78 is 5.80. The van der Waals surface area contributed by atoms with Crippen molar-refractivity contribution in [1.29, 1.82) is 0 Å². The van der Waals surface area contributed by atoms with Crippen molar-refractivity contribution >= 4 is 11.9 Å². The lowest BCUT2D eigenvalue weighted by atomic mass is 10.0. The van der Waals surface area contributed by atoms with Gasteiger partial charge in [0.25, 0.3) is 0 Å². The van der Waals surface area contributed by atoms with Crippen LogP contribution < -0.4 is 4.74 Å². The topological polar surface area (TPSA) is 21.6 Å². The number of aryl methyl sites for hydroxylation is 1. The van der Waals surface area contributed by atoms with Crippen molar-refractivity contribution in [2.75, 3.05) is 6.61 Å². The maximum absolute atomic E-state index is 5.80. The quantitative estimate of drug-likeness (QED) is 0.201. The first-order valence-corrected chi connectivity index (χ1v) is 12.2. The molecule has 0 atom stereocenters. The Hall–Kier alpha value is -2.09. The van der Waals surface area contributed by atoms with E-state index in [1.54, 1.807) is 0 Å². The highest BCUT2D eigenvalue weighted by molar-refractivity contribution is 5.82. The summed E-state index contributed by atoms with van der Waals surface area (Å²) >= 11 is 0. The second kappa shape index (κ2) is 15.7. The van der Waals surface area contributed by atoms with Crippen molar-refractivity contribution in [3.8, 4) is 5.75 Å². The lowest BCUT2D eigenvalue weighted by molar-refractivity contribution is 0.305. The predicted molar refractivity (Wildman–Crippen MR) is 131 cm³/mol. The Morgan fingerprint density at radius 3 is 1.93 bits per heavy atom. The molecule has 164 valence electrons. The number of benzene rings is 2. The van der Waals surface area contributed by atoms with Gasteiger partial charge in [-0.3, -0.25) is 4.99 Å². The summed E-state index contributed by atoms with van der Waals surface area (Å²) in [5, 5.41) is 0. The third kappa shape index (κ3) is 10.6. The minimum atomic E-state index is 0.804. The first-order valence-electron chi connectivity index (χ1n) is 12.2. The highest BCUT2D eigenvalue weighted by Gasteiger charge is 1.97. The number of nitrogens with zero attached hydrogens (tertiary/aromatic N) is 1. The number of ether oxygens (including phenoxy) is 1. The number of hydrogen-bond acceptors (Lipinski definition) is 2. The van der Waals surface area contributed by atoms with Crippen molar-refractivity contribution in [2.45, 2.75) is 90.9 Å². The Labute approximate surface area is 184 Å².